The average Bonchev–Trinajstić information content (AvgIpc) is 3.32. The molecule has 0 radical (unpaired) electrons. The molecule has 130 valence electrons. The van der Waals surface area contributed by atoms with E-state index in [1.54, 1.807) is 10.9 Å². The molecule has 0 atom stereocenters. The lowest BCUT2D eigenvalue weighted by Crippen LogP contribution is -2.14. The number of aromatic nitrogens is 3. The summed E-state index contributed by atoms with van der Waals surface area (Å²) < 4.78 is 39.9. The first-order valence-electron chi connectivity index (χ1n) is 7.66. The Balaban J connectivity index is 1.93. The summed E-state index contributed by atoms with van der Waals surface area (Å²) in [5, 5.41) is 4.40. The minimum absolute atomic E-state index is 0.224. The molecule has 0 aliphatic heterocycles. The Kier molecular flexibility index (Phi) is 4.35. The molecule has 1 N–H and O–H groups in total. The molecule has 0 saturated heterocycles. The molecular formula is C15H20N4O4S. The van der Waals surface area contributed by atoms with Crippen molar-refractivity contribution in [2.45, 2.75) is 37.1 Å². The first-order valence-corrected chi connectivity index (χ1v) is 9.15. The second-order valence-corrected chi connectivity index (χ2v) is 7.20. The van der Waals surface area contributed by atoms with Crippen LogP contribution in [-0.2, 0) is 16.6 Å². The number of nitrogens with one attached hydrogen (secondary N) is 1. The third kappa shape index (κ3) is 3.16. The van der Waals surface area contributed by atoms with Crippen LogP contribution in [0.15, 0.2) is 23.4 Å². The zero-order valence-electron chi connectivity index (χ0n) is 13.8. The van der Waals surface area contributed by atoms with Crippen molar-refractivity contribution in [1.29, 1.82) is 0 Å². The van der Waals surface area contributed by atoms with E-state index in [4.69, 9.17) is 9.47 Å². The largest absolute Gasteiger partial charge is 0.491 e. The van der Waals surface area contributed by atoms with Gasteiger partial charge in [-0.15, -0.1) is 0 Å². The smallest absolute Gasteiger partial charge is 0.265 e. The number of ether oxygens (including phenoxy) is 2. The van der Waals surface area contributed by atoms with Gasteiger partial charge in [0.25, 0.3) is 15.9 Å². The molecule has 24 heavy (non-hydrogen) atoms. The fraction of sp³-hybridized carbons (Fsp3) is 0.467. The van der Waals surface area contributed by atoms with Gasteiger partial charge in [-0.3, -0.25) is 9.40 Å². The topological polar surface area (TPSA) is 95.3 Å². The maximum atomic E-state index is 12.8. The van der Waals surface area contributed by atoms with Crippen molar-refractivity contribution in [2.24, 2.45) is 0 Å². The maximum Gasteiger partial charge on any atom is 0.265 e. The zero-order valence-corrected chi connectivity index (χ0v) is 14.6. The molecule has 8 nitrogen and oxygen atoms in total. The molecule has 1 aliphatic rings. The van der Waals surface area contributed by atoms with Gasteiger partial charge >= 0.3 is 0 Å². The highest BCUT2D eigenvalue weighted by atomic mass is 32.2. The minimum Gasteiger partial charge on any atom is -0.491 e. The number of hydrogen-bond acceptors (Lipinski definition) is 6. The highest BCUT2D eigenvalue weighted by molar-refractivity contribution is 7.92. The predicted molar refractivity (Wildman–Crippen MR) is 88.0 cm³/mol. The van der Waals surface area contributed by atoms with Crippen LogP contribution < -0.4 is 14.2 Å². The highest BCUT2D eigenvalue weighted by Crippen LogP contribution is 2.42. The second-order valence-electron chi connectivity index (χ2n) is 5.55. The lowest BCUT2D eigenvalue weighted by molar-refractivity contribution is 0.343. The van der Waals surface area contributed by atoms with Crippen molar-refractivity contribution in [3.8, 4) is 11.6 Å². The molecule has 3 rings (SSSR count). The Bertz CT molecular complexity index is 843. The molecular weight excluding hydrogens is 332 g/mol. The zero-order chi connectivity index (χ0) is 17.3. The van der Waals surface area contributed by atoms with E-state index >= 15 is 0 Å². The first kappa shape index (κ1) is 16.6. The van der Waals surface area contributed by atoms with E-state index in [1.807, 2.05) is 6.92 Å². The van der Waals surface area contributed by atoms with Gasteiger partial charge in [-0.05, 0) is 19.8 Å². The van der Waals surface area contributed by atoms with E-state index in [-0.39, 0.29) is 16.7 Å². The second kappa shape index (κ2) is 6.31. The van der Waals surface area contributed by atoms with E-state index in [2.05, 4.69) is 14.8 Å². The van der Waals surface area contributed by atoms with Gasteiger partial charge in [0.15, 0.2) is 5.75 Å². The van der Waals surface area contributed by atoms with Crippen LogP contribution in [0.2, 0.25) is 0 Å². The lowest BCUT2D eigenvalue weighted by Gasteiger charge is -2.10. The molecule has 0 unspecified atom stereocenters. The molecule has 9 heteroatoms. The SMILES string of the molecule is CCn1cc(S(=O)(=O)Nc2cnc(OC)c(OC)c2)c(C2CC2)n1. The van der Waals surface area contributed by atoms with E-state index < -0.39 is 10.0 Å². The van der Waals surface area contributed by atoms with Gasteiger partial charge < -0.3 is 9.47 Å². The van der Waals surface area contributed by atoms with E-state index in [0.29, 0.717) is 23.7 Å². The van der Waals surface area contributed by atoms with E-state index in [1.165, 1.54) is 26.5 Å². The quantitative estimate of drug-likeness (QED) is 0.819. The number of anilines is 1. The Hall–Kier alpha value is -2.29. The predicted octanol–water partition coefficient (Wildman–Crippen LogP) is 1.99. The summed E-state index contributed by atoms with van der Waals surface area (Å²) in [6, 6.07) is 1.53. The van der Waals surface area contributed by atoms with Gasteiger partial charge in [0.1, 0.15) is 4.90 Å². The summed E-state index contributed by atoms with van der Waals surface area (Å²) in [5.74, 6) is 0.871. The van der Waals surface area contributed by atoms with Crippen LogP contribution in [0.4, 0.5) is 5.69 Å². The number of methoxy groups -OCH3 is 2. The average molecular weight is 352 g/mol. The lowest BCUT2D eigenvalue weighted by atomic mass is 10.3. The number of pyridine rings is 1. The summed E-state index contributed by atoms with van der Waals surface area (Å²) in [7, 11) is -0.818. The molecule has 1 fully saturated rings. The van der Waals surface area contributed by atoms with Gasteiger partial charge in [-0.1, -0.05) is 0 Å². The molecule has 0 aromatic carbocycles. The Morgan fingerprint density at radius 3 is 2.67 bits per heavy atom. The fourth-order valence-corrected chi connectivity index (χ4v) is 3.70. The van der Waals surface area contributed by atoms with Crippen LogP contribution in [-0.4, -0.2) is 37.4 Å². The van der Waals surface area contributed by atoms with Crippen LogP contribution >= 0.6 is 0 Å². The molecule has 2 aromatic rings. The standard InChI is InChI=1S/C15H20N4O4S/c1-4-19-9-13(14(17-19)10-5-6-10)24(20,21)18-11-7-12(22-2)15(23-3)16-8-11/h7-10,18H,4-6H2,1-3H3. The normalized spacial score (nSPS) is 14.5. The van der Waals surface area contributed by atoms with Crippen LogP contribution in [0.5, 0.6) is 11.6 Å². The van der Waals surface area contributed by atoms with Crippen molar-refractivity contribution < 1.29 is 17.9 Å². The third-order valence-corrected chi connectivity index (χ3v) is 5.21. The molecule has 1 aliphatic carbocycles. The van der Waals surface area contributed by atoms with E-state index in [9.17, 15) is 8.42 Å². The number of rotatable bonds is 7. The van der Waals surface area contributed by atoms with Crippen molar-refractivity contribution in [2.75, 3.05) is 18.9 Å². The highest BCUT2D eigenvalue weighted by Gasteiger charge is 2.34. The summed E-state index contributed by atoms with van der Waals surface area (Å²) in [5.41, 5.74) is 0.941. The van der Waals surface area contributed by atoms with Crippen molar-refractivity contribution in [1.82, 2.24) is 14.8 Å². The molecule has 0 amide bonds. The van der Waals surface area contributed by atoms with Gasteiger partial charge in [0, 0.05) is 24.7 Å². The molecule has 2 heterocycles. The van der Waals surface area contributed by atoms with Crippen LogP contribution in [0.25, 0.3) is 0 Å². The number of sulfonamides is 1. The fourth-order valence-electron chi connectivity index (χ4n) is 2.42. The summed E-state index contributed by atoms with van der Waals surface area (Å²) in [6.07, 6.45) is 4.91. The van der Waals surface area contributed by atoms with Gasteiger partial charge in [0.05, 0.1) is 31.8 Å². The third-order valence-electron chi connectivity index (χ3n) is 3.82. The van der Waals surface area contributed by atoms with Crippen molar-refractivity contribution >= 4 is 15.7 Å². The molecule has 0 spiro atoms. The van der Waals surface area contributed by atoms with E-state index in [0.717, 1.165) is 12.8 Å². The number of nitrogens with zero attached hydrogens (tertiary/aromatic N) is 3. The van der Waals surface area contributed by atoms with Gasteiger partial charge in [-0.2, -0.15) is 5.10 Å². The Morgan fingerprint density at radius 2 is 2.08 bits per heavy atom. The molecule has 1 saturated carbocycles. The van der Waals surface area contributed by atoms with Crippen molar-refractivity contribution in [3.63, 3.8) is 0 Å². The van der Waals surface area contributed by atoms with Gasteiger partial charge in [-0.25, -0.2) is 13.4 Å². The summed E-state index contributed by atoms with van der Waals surface area (Å²) in [6.45, 7) is 2.54. The van der Waals surface area contributed by atoms with Crippen LogP contribution in [0, 0.1) is 0 Å². The summed E-state index contributed by atoms with van der Waals surface area (Å²) >= 11 is 0. The van der Waals surface area contributed by atoms with Crippen molar-refractivity contribution in [3.05, 3.63) is 24.2 Å². The molecule has 2 aromatic heterocycles. The monoisotopic (exact) mass is 352 g/mol. The van der Waals surface area contributed by atoms with Gasteiger partial charge in [0.2, 0.25) is 0 Å². The van der Waals surface area contributed by atoms with Crippen LogP contribution in [0.3, 0.4) is 0 Å². The maximum absolute atomic E-state index is 12.8. The minimum atomic E-state index is -3.75. The first-order chi connectivity index (χ1) is 11.5. The Labute approximate surface area is 140 Å². The molecule has 0 bridgehead atoms. The number of aryl methyl sites for hydroxylation is 1. The summed E-state index contributed by atoms with van der Waals surface area (Å²) in [4.78, 5) is 4.27. The Morgan fingerprint density at radius 1 is 1.33 bits per heavy atom. The van der Waals surface area contributed by atoms with Crippen LogP contribution in [0.1, 0.15) is 31.4 Å². The number of hydrogen-bond donors (Lipinski definition) is 1.